The number of benzene rings is 3. The minimum absolute atomic E-state index is 0.0666. The Balaban J connectivity index is 0.000000308. The third kappa shape index (κ3) is 13.8. The van der Waals surface area contributed by atoms with Crippen molar-refractivity contribution in [1.29, 1.82) is 0 Å². The number of rotatable bonds is 4. The molecule has 0 saturated carbocycles. The molecular formula is C24H26F3IO7S2. The van der Waals surface area contributed by atoms with Gasteiger partial charge < -0.3 is 9.29 Å². The Morgan fingerprint density at radius 1 is 0.784 bits per heavy atom. The molecule has 0 fully saturated rings. The summed E-state index contributed by atoms with van der Waals surface area (Å²) in [5, 5.41) is 0. The molecule has 0 aliphatic rings. The van der Waals surface area contributed by atoms with E-state index >= 15 is 0 Å². The summed E-state index contributed by atoms with van der Waals surface area (Å²) >= 11 is -0.0737. The molecule has 0 atom stereocenters. The molecule has 3 aromatic rings. The summed E-state index contributed by atoms with van der Waals surface area (Å²) in [6.07, 6.45) is 0. The van der Waals surface area contributed by atoms with Gasteiger partial charge in [0.05, 0.1) is 4.90 Å². The first kappa shape index (κ1) is 32.8. The van der Waals surface area contributed by atoms with Gasteiger partial charge in [0, 0.05) is 0 Å². The molecule has 7 nitrogen and oxygen atoms in total. The Morgan fingerprint density at radius 2 is 1.22 bits per heavy atom. The summed E-state index contributed by atoms with van der Waals surface area (Å²) in [7, 11) is -10.1. The van der Waals surface area contributed by atoms with E-state index in [1.54, 1.807) is 12.1 Å². The summed E-state index contributed by atoms with van der Waals surface area (Å²) in [5.74, 6) is 0.948. The highest BCUT2D eigenvalue weighted by Crippen LogP contribution is 2.20. The molecule has 0 spiro atoms. The van der Waals surface area contributed by atoms with E-state index in [1.807, 2.05) is 6.92 Å². The third-order valence-corrected chi connectivity index (χ3v) is 7.91. The first-order chi connectivity index (χ1) is 16.8. The zero-order valence-corrected chi connectivity index (χ0v) is 24.0. The van der Waals surface area contributed by atoms with Crippen LogP contribution in [0.2, 0.25) is 0 Å². The molecule has 37 heavy (non-hydrogen) atoms. The van der Waals surface area contributed by atoms with Crippen LogP contribution < -0.4 is 25.9 Å². The van der Waals surface area contributed by atoms with E-state index in [1.165, 1.54) is 19.3 Å². The van der Waals surface area contributed by atoms with Gasteiger partial charge in [-0.1, -0.05) is 35.9 Å². The van der Waals surface area contributed by atoms with E-state index in [4.69, 9.17) is 22.3 Å². The van der Waals surface area contributed by atoms with Crippen LogP contribution in [0.3, 0.4) is 0 Å². The lowest BCUT2D eigenvalue weighted by molar-refractivity contribution is -0.597. The van der Waals surface area contributed by atoms with Gasteiger partial charge in [-0.05, 0) is 76.2 Å². The van der Waals surface area contributed by atoms with Crippen LogP contribution in [0, 0.1) is 14.1 Å². The first-order valence-electron chi connectivity index (χ1n) is 10.3. The summed E-state index contributed by atoms with van der Waals surface area (Å²) in [4.78, 5) is -0.0666. The average molecular weight is 674 g/mol. The fourth-order valence-corrected chi connectivity index (χ4v) is 4.93. The largest absolute Gasteiger partial charge is 0.741 e. The van der Waals surface area contributed by atoms with Crippen molar-refractivity contribution in [2.75, 3.05) is 0 Å². The van der Waals surface area contributed by atoms with Crippen molar-refractivity contribution < 1.29 is 65.1 Å². The zero-order chi connectivity index (χ0) is 28.5. The molecule has 204 valence electrons. The molecule has 0 amide bonds. The van der Waals surface area contributed by atoms with Gasteiger partial charge in [-0.25, -0.2) is 8.42 Å². The van der Waals surface area contributed by atoms with Crippen molar-refractivity contribution in [3.8, 4) is 5.75 Å². The molecule has 0 aliphatic heterocycles. The second-order valence-corrected chi connectivity index (χ2v) is 14.1. The maximum atomic E-state index is 10.7. The van der Waals surface area contributed by atoms with Crippen molar-refractivity contribution in [2.45, 2.75) is 43.7 Å². The molecule has 1 N–H and O–H groups in total. The van der Waals surface area contributed by atoms with Crippen LogP contribution in [0.4, 0.5) is 13.2 Å². The van der Waals surface area contributed by atoms with E-state index in [9.17, 15) is 21.6 Å². The molecule has 0 saturated heterocycles. The molecular weight excluding hydrogens is 648 g/mol. The van der Waals surface area contributed by atoms with Crippen LogP contribution in [0.15, 0.2) is 83.8 Å². The normalized spacial score (nSPS) is 11.9. The van der Waals surface area contributed by atoms with Crippen LogP contribution >= 0.6 is 0 Å². The number of ether oxygens (including phenoxy) is 1. The molecule has 0 bridgehead atoms. The summed E-state index contributed by atoms with van der Waals surface area (Å²) in [5.41, 5.74) is -4.82. The summed E-state index contributed by atoms with van der Waals surface area (Å²) < 4.78 is 97.1. The highest BCUT2D eigenvalue weighted by Gasteiger charge is 2.36. The van der Waals surface area contributed by atoms with E-state index < -0.39 is 25.7 Å². The Hall–Kier alpha value is -2.20. The minimum atomic E-state index is -6.09. The van der Waals surface area contributed by atoms with E-state index in [0.29, 0.717) is 0 Å². The average Bonchev–Trinajstić information content (AvgIpc) is 2.74. The predicted molar refractivity (Wildman–Crippen MR) is 127 cm³/mol. The quantitative estimate of drug-likeness (QED) is 0.256. The predicted octanol–water partition coefficient (Wildman–Crippen LogP) is 2.29. The van der Waals surface area contributed by atoms with Crippen LogP contribution in [0.25, 0.3) is 0 Å². The Morgan fingerprint density at radius 3 is 1.59 bits per heavy atom. The van der Waals surface area contributed by atoms with E-state index in [0.717, 1.165) is 11.3 Å². The van der Waals surface area contributed by atoms with Crippen molar-refractivity contribution in [2.24, 2.45) is 0 Å². The van der Waals surface area contributed by atoms with Crippen molar-refractivity contribution in [3.63, 3.8) is 0 Å². The Kier molecular flexibility index (Phi) is 12.0. The lowest BCUT2D eigenvalue weighted by Crippen LogP contribution is -3.61. The number of alkyl halides is 3. The van der Waals surface area contributed by atoms with Gasteiger partial charge in [0.25, 0.3) is 10.1 Å². The second kappa shape index (κ2) is 13.6. The minimum Gasteiger partial charge on any atom is -0.741 e. The van der Waals surface area contributed by atoms with E-state index in [2.05, 4.69) is 75.4 Å². The highest BCUT2D eigenvalue weighted by molar-refractivity contribution is 7.86. The number of hydrogen-bond donors (Lipinski definition) is 1. The number of aryl methyl sites for hydroxylation is 1. The smallest absolute Gasteiger partial charge is 0.485 e. The Labute approximate surface area is 225 Å². The van der Waals surface area contributed by atoms with E-state index in [-0.39, 0.29) is 31.7 Å². The standard InChI is InChI=1S/C16H18IO.C7H8O3S.CHF3O3S/c1-16(2,3)18-15-11-9-14(10-12-15)17-13-7-5-4-6-8-13;1-6-2-4-7(5-3-6)11(8,9)10;2-1(3,4)8(5,6)7/h4-12H,1-3H3;2-5H,1H3,(H,8,9,10);(H,5,6,7)/q+1;;/p-1. The SMILES string of the molecule is CC(C)(C)Oc1ccc([I+]c2ccccc2)cc1.Cc1ccc(S(=O)(=O)O)cc1.O=S(=O)([O-])C(F)(F)F. The molecule has 0 unspecified atom stereocenters. The van der Waals surface area contributed by atoms with Gasteiger partial charge in [0.15, 0.2) is 17.3 Å². The highest BCUT2D eigenvalue weighted by atomic mass is 127. The molecule has 0 aliphatic carbocycles. The number of hydrogen-bond acceptors (Lipinski definition) is 6. The molecule has 0 aromatic heterocycles. The molecule has 13 heteroatoms. The monoisotopic (exact) mass is 674 g/mol. The van der Waals surface area contributed by atoms with Crippen LogP contribution in [-0.2, 0) is 20.2 Å². The lowest BCUT2D eigenvalue weighted by Gasteiger charge is -2.20. The van der Waals surface area contributed by atoms with Gasteiger partial charge in [0.2, 0.25) is 0 Å². The van der Waals surface area contributed by atoms with Crippen LogP contribution in [0.1, 0.15) is 26.3 Å². The fraction of sp³-hybridized carbons (Fsp3) is 0.250. The lowest BCUT2D eigenvalue weighted by atomic mass is 10.2. The first-order valence-corrected chi connectivity index (χ1v) is 15.3. The van der Waals surface area contributed by atoms with Crippen molar-refractivity contribution >= 4 is 20.2 Å². The topological polar surface area (TPSA) is 121 Å². The van der Waals surface area contributed by atoms with Gasteiger partial charge in [0.1, 0.15) is 11.4 Å². The van der Waals surface area contributed by atoms with Crippen LogP contribution in [0.5, 0.6) is 5.75 Å². The molecule has 0 radical (unpaired) electrons. The van der Waals surface area contributed by atoms with Gasteiger partial charge in [-0.2, -0.15) is 21.6 Å². The second-order valence-electron chi connectivity index (χ2n) is 8.25. The molecule has 0 heterocycles. The summed E-state index contributed by atoms with van der Waals surface area (Å²) in [6, 6.07) is 25.2. The van der Waals surface area contributed by atoms with Gasteiger partial charge in [-0.15, -0.1) is 0 Å². The summed E-state index contributed by atoms with van der Waals surface area (Å²) in [6.45, 7) is 8.04. The van der Waals surface area contributed by atoms with Crippen molar-refractivity contribution in [3.05, 3.63) is 91.6 Å². The molecule has 3 aromatic carbocycles. The maximum Gasteiger partial charge on any atom is 0.485 e. The maximum absolute atomic E-state index is 10.7. The Bertz CT molecular complexity index is 1320. The molecule has 3 rings (SSSR count). The van der Waals surface area contributed by atoms with Crippen LogP contribution in [-0.4, -0.2) is 37.1 Å². The van der Waals surface area contributed by atoms with Gasteiger partial charge in [-0.3, -0.25) is 4.55 Å². The zero-order valence-electron chi connectivity index (χ0n) is 20.2. The number of halogens is 4. The third-order valence-electron chi connectivity index (χ3n) is 3.79. The fourth-order valence-electron chi connectivity index (χ4n) is 2.23. The van der Waals surface area contributed by atoms with Crippen molar-refractivity contribution in [1.82, 2.24) is 0 Å². The van der Waals surface area contributed by atoms with Gasteiger partial charge >= 0.3 is 26.7 Å².